The SMILES string of the molecule is CCCC1(C(C=CI)O[Si](C)(C)C)CCC1. The molecular formula is C13H25IOSi. The number of halogens is 1. The van der Waals surface area contributed by atoms with Crippen molar-refractivity contribution in [3.63, 3.8) is 0 Å². The molecule has 3 heteroatoms. The Bertz CT molecular complexity index is 241. The summed E-state index contributed by atoms with van der Waals surface area (Å²) in [5.41, 5.74) is 0.469. The fourth-order valence-corrected chi connectivity index (χ4v) is 4.09. The Morgan fingerprint density at radius 3 is 2.31 bits per heavy atom. The first-order valence-corrected chi connectivity index (χ1v) is 11.0. The van der Waals surface area contributed by atoms with Gasteiger partial charge in [-0.15, -0.1) is 0 Å². The minimum absolute atomic E-state index is 0.366. The maximum atomic E-state index is 6.39. The minimum atomic E-state index is -1.43. The van der Waals surface area contributed by atoms with Crippen LogP contribution < -0.4 is 0 Å². The highest BCUT2D eigenvalue weighted by atomic mass is 127. The summed E-state index contributed by atoms with van der Waals surface area (Å²) in [4.78, 5) is 0. The molecule has 1 unspecified atom stereocenters. The monoisotopic (exact) mass is 352 g/mol. The average Bonchev–Trinajstić information content (AvgIpc) is 2.08. The molecule has 0 aliphatic heterocycles. The molecule has 16 heavy (non-hydrogen) atoms. The van der Waals surface area contributed by atoms with Crippen molar-refractivity contribution in [3.05, 3.63) is 10.2 Å². The van der Waals surface area contributed by atoms with Gasteiger partial charge in [-0.2, -0.15) is 0 Å². The summed E-state index contributed by atoms with van der Waals surface area (Å²) in [6, 6.07) is 0. The van der Waals surface area contributed by atoms with Crippen LogP contribution in [0.4, 0.5) is 0 Å². The van der Waals surface area contributed by atoms with E-state index in [1.54, 1.807) is 0 Å². The van der Waals surface area contributed by atoms with E-state index in [1.165, 1.54) is 32.1 Å². The maximum absolute atomic E-state index is 6.39. The first kappa shape index (κ1) is 14.7. The summed E-state index contributed by atoms with van der Waals surface area (Å²) in [5, 5.41) is 0. The number of hydrogen-bond acceptors (Lipinski definition) is 1. The van der Waals surface area contributed by atoms with Crippen LogP contribution in [0.15, 0.2) is 10.2 Å². The highest BCUT2D eigenvalue weighted by Gasteiger charge is 2.44. The second kappa shape index (κ2) is 6.00. The zero-order chi connectivity index (χ0) is 12.2. The Kier molecular flexibility index (Phi) is 5.52. The van der Waals surface area contributed by atoms with Crippen LogP contribution in [-0.2, 0) is 4.43 Å². The highest BCUT2D eigenvalue weighted by Crippen LogP contribution is 2.49. The summed E-state index contributed by atoms with van der Waals surface area (Å²) < 4.78 is 8.52. The normalized spacial score (nSPS) is 22.1. The van der Waals surface area contributed by atoms with Gasteiger partial charge in [0, 0.05) is 0 Å². The Morgan fingerprint density at radius 2 is 2.00 bits per heavy atom. The van der Waals surface area contributed by atoms with Gasteiger partial charge in [0.15, 0.2) is 8.32 Å². The molecule has 1 rings (SSSR count). The predicted molar refractivity (Wildman–Crippen MR) is 82.6 cm³/mol. The average molecular weight is 352 g/mol. The van der Waals surface area contributed by atoms with Crippen LogP contribution in [0.3, 0.4) is 0 Å². The predicted octanol–water partition coefficient (Wildman–Crippen LogP) is 5.13. The molecular weight excluding hydrogens is 327 g/mol. The zero-order valence-corrected chi connectivity index (χ0v) is 14.2. The Labute approximate surface area is 115 Å². The lowest BCUT2D eigenvalue weighted by atomic mass is 9.62. The van der Waals surface area contributed by atoms with Gasteiger partial charge in [0.1, 0.15) is 0 Å². The molecule has 0 aromatic rings. The summed E-state index contributed by atoms with van der Waals surface area (Å²) in [5.74, 6) is 0. The van der Waals surface area contributed by atoms with Crippen molar-refractivity contribution in [2.24, 2.45) is 5.41 Å². The molecule has 94 valence electrons. The van der Waals surface area contributed by atoms with Crippen molar-refractivity contribution in [1.29, 1.82) is 0 Å². The van der Waals surface area contributed by atoms with Crippen molar-refractivity contribution in [3.8, 4) is 0 Å². The molecule has 0 N–H and O–H groups in total. The molecule has 1 fully saturated rings. The van der Waals surface area contributed by atoms with Crippen LogP contribution in [0.25, 0.3) is 0 Å². The van der Waals surface area contributed by atoms with E-state index in [0.717, 1.165) is 0 Å². The summed E-state index contributed by atoms with van der Waals surface area (Å²) in [7, 11) is -1.43. The van der Waals surface area contributed by atoms with Gasteiger partial charge in [0.25, 0.3) is 0 Å². The molecule has 1 atom stereocenters. The van der Waals surface area contributed by atoms with E-state index < -0.39 is 8.32 Å². The third-order valence-electron chi connectivity index (χ3n) is 3.43. The summed E-state index contributed by atoms with van der Waals surface area (Å²) >= 11 is 2.32. The molecule has 0 spiro atoms. The zero-order valence-electron chi connectivity index (χ0n) is 11.1. The maximum Gasteiger partial charge on any atom is 0.184 e. The summed E-state index contributed by atoms with van der Waals surface area (Å²) in [6.45, 7) is 9.16. The Morgan fingerprint density at radius 1 is 1.38 bits per heavy atom. The fraction of sp³-hybridized carbons (Fsp3) is 0.846. The van der Waals surface area contributed by atoms with Crippen LogP contribution in [0.2, 0.25) is 19.6 Å². The Hall–Kier alpha value is 0.647. The minimum Gasteiger partial charge on any atom is -0.411 e. The molecule has 1 saturated carbocycles. The molecule has 0 aromatic heterocycles. The van der Waals surface area contributed by atoms with Crippen LogP contribution in [0, 0.1) is 5.41 Å². The van der Waals surface area contributed by atoms with Crippen LogP contribution >= 0.6 is 22.6 Å². The highest BCUT2D eigenvalue weighted by molar-refractivity contribution is 14.1. The van der Waals surface area contributed by atoms with Gasteiger partial charge in [-0.1, -0.05) is 48.4 Å². The molecule has 0 saturated heterocycles. The van der Waals surface area contributed by atoms with Gasteiger partial charge in [0.05, 0.1) is 6.10 Å². The number of rotatable bonds is 6. The molecule has 1 aliphatic carbocycles. The topological polar surface area (TPSA) is 9.23 Å². The standard InChI is InChI=1S/C13H25IOSi/c1-5-8-13(9-6-10-13)12(7-11-14)15-16(2,3)4/h7,11-12H,5-6,8-10H2,1-4H3. The Balaban J connectivity index is 2.75. The van der Waals surface area contributed by atoms with Crippen molar-refractivity contribution >= 4 is 30.9 Å². The van der Waals surface area contributed by atoms with E-state index >= 15 is 0 Å². The van der Waals surface area contributed by atoms with Crippen molar-refractivity contribution in [1.82, 2.24) is 0 Å². The van der Waals surface area contributed by atoms with E-state index in [9.17, 15) is 0 Å². The molecule has 0 aromatic carbocycles. The van der Waals surface area contributed by atoms with Gasteiger partial charge in [-0.05, 0) is 48.4 Å². The third kappa shape index (κ3) is 3.84. The first-order chi connectivity index (χ1) is 7.43. The van der Waals surface area contributed by atoms with Crippen LogP contribution in [0.1, 0.15) is 39.0 Å². The van der Waals surface area contributed by atoms with E-state index in [2.05, 4.69) is 59.3 Å². The van der Waals surface area contributed by atoms with Crippen LogP contribution in [0.5, 0.6) is 0 Å². The lowest BCUT2D eigenvalue weighted by molar-refractivity contribution is -0.00215. The van der Waals surface area contributed by atoms with E-state index in [1.807, 2.05) is 0 Å². The van der Waals surface area contributed by atoms with Crippen molar-refractivity contribution < 1.29 is 4.43 Å². The second-order valence-electron chi connectivity index (χ2n) is 5.94. The summed E-state index contributed by atoms with van der Waals surface area (Å²) in [6.07, 6.45) is 9.36. The fourth-order valence-electron chi connectivity index (χ4n) is 2.62. The van der Waals surface area contributed by atoms with Gasteiger partial charge < -0.3 is 4.43 Å². The first-order valence-electron chi connectivity index (χ1n) is 6.38. The van der Waals surface area contributed by atoms with E-state index in [-0.39, 0.29) is 0 Å². The lowest BCUT2D eigenvalue weighted by Gasteiger charge is -2.48. The van der Waals surface area contributed by atoms with Gasteiger partial charge in [0.2, 0.25) is 0 Å². The molecule has 0 radical (unpaired) electrons. The largest absolute Gasteiger partial charge is 0.411 e. The number of hydrogen-bond donors (Lipinski definition) is 0. The third-order valence-corrected chi connectivity index (χ3v) is 4.81. The second-order valence-corrected chi connectivity index (χ2v) is 11.1. The van der Waals surface area contributed by atoms with E-state index in [4.69, 9.17) is 4.43 Å². The van der Waals surface area contributed by atoms with Gasteiger partial charge >= 0.3 is 0 Å². The molecule has 1 nitrogen and oxygen atoms in total. The van der Waals surface area contributed by atoms with Crippen molar-refractivity contribution in [2.75, 3.05) is 0 Å². The lowest BCUT2D eigenvalue weighted by Crippen LogP contribution is -2.46. The van der Waals surface area contributed by atoms with Crippen LogP contribution in [-0.4, -0.2) is 14.4 Å². The molecule has 0 bridgehead atoms. The molecule has 0 amide bonds. The molecule has 0 heterocycles. The quantitative estimate of drug-likeness (QED) is 0.476. The smallest absolute Gasteiger partial charge is 0.184 e. The van der Waals surface area contributed by atoms with Gasteiger partial charge in [-0.3, -0.25) is 0 Å². The van der Waals surface area contributed by atoms with E-state index in [0.29, 0.717) is 11.5 Å². The van der Waals surface area contributed by atoms with Gasteiger partial charge in [-0.25, -0.2) is 0 Å². The molecule has 1 aliphatic rings. The van der Waals surface area contributed by atoms with Crippen molar-refractivity contribution in [2.45, 2.75) is 64.8 Å².